The topological polar surface area (TPSA) is 97.3 Å². The monoisotopic (exact) mass is 616 g/mol. The van der Waals surface area contributed by atoms with Gasteiger partial charge in [0.05, 0.1) is 19.3 Å². The second-order valence-corrected chi connectivity index (χ2v) is 14.9. The number of hydroxylamine groups is 2. The van der Waals surface area contributed by atoms with E-state index in [0.717, 1.165) is 53.9 Å². The number of carbonyl (C=O) groups is 1. The van der Waals surface area contributed by atoms with Crippen LogP contribution in [0.25, 0.3) is 16.8 Å². The first-order valence-electron chi connectivity index (χ1n) is 16.8. The number of aliphatic hydroxyl groups is 2. The van der Waals surface area contributed by atoms with Crippen LogP contribution in [0, 0.1) is 29.1 Å². The first-order valence-corrected chi connectivity index (χ1v) is 16.8. The summed E-state index contributed by atoms with van der Waals surface area (Å²) in [5.41, 5.74) is 5.50. The Labute approximate surface area is 268 Å². The van der Waals surface area contributed by atoms with E-state index in [9.17, 15) is 15.0 Å². The minimum absolute atomic E-state index is 0.107. The third kappa shape index (κ3) is 6.32. The van der Waals surface area contributed by atoms with Gasteiger partial charge in [-0.05, 0) is 91.3 Å². The summed E-state index contributed by atoms with van der Waals surface area (Å²) in [4.78, 5) is 22.5. The van der Waals surface area contributed by atoms with Crippen molar-refractivity contribution >= 4 is 11.6 Å². The average molecular weight is 617 g/mol. The van der Waals surface area contributed by atoms with E-state index in [0.29, 0.717) is 35.8 Å². The van der Waals surface area contributed by atoms with Crippen molar-refractivity contribution in [3.8, 4) is 11.1 Å². The van der Waals surface area contributed by atoms with Gasteiger partial charge in [0.25, 0.3) is 0 Å². The van der Waals surface area contributed by atoms with Crippen molar-refractivity contribution < 1.29 is 19.8 Å². The lowest BCUT2D eigenvalue weighted by molar-refractivity contribution is -0.183. The molecule has 7 rings (SSSR count). The van der Waals surface area contributed by atoms with E-state index in [1.165, 1.54) is 6.42 Å². The van der Waals surface area contributed by atoms with Crippen LogP contribution < -0.4 is 10.6 Å². The molecule has 3 saturated carbocycles. The van der Waals surface area contributed by atoms with E-state index >= 15 is 0 Å². The number of fused-ring (bicyclic) bond motifs is 2. The Bertz CT molecular complexity index is 1380. The van der Waals surface area contributed by atoms with Crippen LogP contribution in [-0.2, 0) is 16.2 Å². The van der Waals surface area contributed by atoms with Crippen molar-refractivity contribution in [3.63, 3.8) is 0 Å². The van der Waals surface area contributed by atoms with Crippen molar-refractivity contribution in [2.45, 2.75) is 83.8 Å². The number of likely N-dealkylation sites (tertiary alicyclic amines) is 1. The number of nitrogens with one attached hydrogen (secondary N) is 2. The van der Waals surface area contributed by atoms with Gasteiger partial charge in [-0.2, -0.15) is 5.06 Å². The van der Waals surface area contributed by atoms with Crippen LogP contribution >= 0.6 is 0 Å². The quantitative estimate of drug-likeness (QED) is 0.317. The predicted octanol–water partition coefficient (Wildman–Crippen LogP) is 4.28. The number of carbonyl (C=O) groups excluding carboxylic acids is 1. The maximum absolute atomic E-state index is 14.0. The van der Waals surface area contributed by atoms with E-state index in [-0.39, 0.29) is 18.6 Å². The number of likely N-dealkylation sites (N-methyl/N-ethyl adjacent to an activating group) is 1. The Morgan fingerprint density at radius 1 is 1.13 bits per heavy atom. The minimum Gasteiger partial charge on any atom is -0.394 e. The van der Waals surface area contributed by atoms with E-state index in [1.807, 2.05) is 12.1 Å². The van der Waals surface area contributed by atoms with Crippen molar-refractivity contribution in [1.82, 2.24) is 20.6 Å². The molecule has 8 heteroatoms. The number of hydrogen-bond acceptors (Lipinski definition) is 7. The molecule has 2 aliphatic heterocycles. The lowest BCUT2D eigenvalue weighted by Crippen LogP contribution is -2.62. The number of amides is 1. The SMILES string of the molecule is C=C(N[C@H]1CCN(C)C1)c1ccc(-c2cccc(CN3O[C@@H](CO)[C@@H]([C@H](C)O)[C@H]3C(=O)NC3C[C@H]4C[C@@H]([C@@H]3C)C4(C)C)c2)cc1. The zero-order valence-corrected chi connectivity index (χ0v) is 27.6. The van der Waals surface area contributed by atoms with Gasteiger partial charge in [0, 0.05) is 30.2 Å². The molecule has 5 fully saturated rings. The molecule has 4 N–H and O–H groups in total. The molecular formula is C37H52N4O4. The van der Waals surface area contributed by atoms with Crippen molar-refractivity contribution in [3.05, 3.63) is 66.2 Å². The number of nitrogens with zero attached hydrogens (tertiary/aromatic N) is 2. The molecule has 8 nitrogen and oxygen atoms in total. The van der Waals surface area contributed by atoms with Gasteiger partial charge >= 0.3 is 0 Å². The Morgan fingerprint density at radius 2 is 1.89 bits per heavy atom. The molecule has 0 spiro atoms. The van der Waals surface area contributed by atoms with Crippen molar-refractivity contribution in [2.75, 3.05) is 26.7 Å². The highest BCUT2D eigenvalue weighted by atomic mass is 16.7. The van der Waals surface area contributed by atoms with Crippen LogP contribution in [0.4, 0.5) is 0 Å². The molecule has 2 saturated heterocycles. The maximum atomic E-state index is 14.0. The summed E-state index contributed by atoms with van der Waals surface area (Å²) in [6.45, 7) is 15.2. The smallest absolute Gasteiger partial charge is 0.240 e. The largest absolute Gasteiger partial charge is 0.394 e. The molecule has 2 aromatic carbocycles. The number of benzene rings is 2. The van der Waals surface area contributed by atoms with Crippen molar-refractivity contribution in [1.29, 1.82) is 0 Å². The molecule has 0 aromatic heterocycles. The zero-order chi connectivity index (χ0) is 32.0. The number of aliphatic hydroxyl groups excluding tert-OH is 2. The molecule has 2 aromatic rings. The molecule has 9 atom stereocenters. The molecular weight excluding hydrogens is 564 g/mol. The normalized spacial score (nSPS) is 33.4. The average Bonchev–Trinajstić information content (AvgIpc) is 3.60. The predicted molar refractivity (Wildman–Crippen MR) is 177 cm³/mol. The highest BCUT2D eigenvalue weighted by Crippen LogP contribution is 2.61. The summed E-state index contributed by atoms with van der Waals surface area (Å²) in [5.74, 6) is 0.956. The van der Waals surface area contributed by atoms with Gasteiger partial charge in [0.2, 0.25) is 5.91 Å². The summed E-state index contributed by atoms with van der Waals surface area (Å²) >= 11 is 0. The summed E-state index contributed by atoms with van der Waals surface area (Å²) in [6.07, 6.45) is 1.88. The zero-order valence-electron chi connectivity index (χ0n) is 27.6. The fraction of sp³-hybridized carbons (Fsp3) is 0.595. The Hall–Kier alpha value is -2.75. The fourth-order valence-electron chi connectivity index (χ4n) is 8.76. The van der Waals surface area contributed by atoms with Gasteiger partial charge in [0.1, 0.15) is 12.1 Å². The van der Waals surface area contributed by atoms with Gasteiger partial charge in [0.15, 0.2) is 0 Å². The molecule has 3 aliphatic carbocycles. The molecule has 5 aliphatic rings. The molecule has 1 unspecified atom stereocenters. The molecule has 45 heavy (non-hydrogen) atoms. The first kappa shape index (κ1) is 32.2. The standard InChI is InChI=1S/C37H52N4O4/c1-22-31-17-29(37(31,4)5)18-32(22)39-36(44)35-34(24(3)43)33(21-42)45-41(35)19-25-8-7-9-28(16-25)27-12-10-26(11-13-27)23(2)38-30-14-15-40(6)20-30/h7-13,16,22,24,29-35,38,42-43H,2,14-15,17-21H2,1,3-6H3,(H,39,44)/t22-,24-,29+,30-,31-,32?,33-,34+,35-/m0/s1. The maximum Gasteiger partial charge on any atom is 0.240 e. The van der Waals surface area contributed by atoms with Crippen LogP contribution in [0.1, 0.15) is 58.1 Å². The summed E-state index contributed by atoms with van der Waals surface area (Å²) < 4.78 is 0. The van der Waals surface area contributed by atoms with Gasteiger partial charge in [-0.3, -0.25) is 9.63 Å². The second-order valence-electron chi connectivity index (χ2n) is 14.9. The lowest BCUT2D eigenvalue weighted by Gasteiger charge is -2.62. The van der Waals surface area contributed by atoms with E-state index in [1.54, 1.807) is 12.0 Å². The van der Waals surface area contributed by atoms with Gasteiger partial charge in [-0.15, -0.1) is 0 Å². The van der Waals surface area contributed by atoms with Crippen LogP contribution in [0.5, 0.6) is 0 Å². The van der Waals surface area contributed by atoms with Crippen molar-refractivity contribution in [2.24, 2.45) is 29.1 Å². The van der Waals surface area contributed by atoms with Crippen LogP contribution in [0.15, 0.2) is 55.1 Å². The van der Waals surface area contributed by atoms with Crippen LogP contribution in [-0.4, -0.2) is 83.2 Å². The third-order valence-corrected chi connectivity index (χ3v) is 11.7. The lowest BCUT2D eigenvalue weighted by atomic mass is 9.45. The minimum atomic E-state index is -0.817. The number of hydrogen-bond donors (Lipinski definition) is 4. The van der Waals surface area contributed by atoms with Gasteiger partial charge < -0.3 is 25.7 Å². The summed E-state index contributed by atoms with van der Waals surface area (Å²) in [5, 5.41) is 29.6. The molecule has 0 radical (unpaired) electrons. The molecule has 2 bridgehead atoms. The summed E-state index contributed by atoms with van der Waals surface area (Å²) in [6, 6.07) is 16.5. The molecule has 244 valence electrons. The Balaban J connectivity index is 1.15. The Morgan fingerprint density at radius 3 is 2.51 bits per heavy atom. The Kier molecular flexibility index (Phi) is 9.16. The van der Waals surface area contributed by atoms with Crippen LogP contribution in [0.2, 0.25) is 0 Å². The fourth-order valence-corrected chi connectivity index (χ4v) is 8.76. The van der Waals surface area contributed by atoms with E-state index < -0.39 is 24.2 Å². The molecule has 2 heterocycles. The first-order chi connectivity index (χ1) is 21.5. The molecule has 1 amide bonds. The highest BCUT2D eigenvalue weighted by Gasteiger charge is 2.57. The van der Waals surface area contributed by atoms with Crippen LogP contribution in [0.3, 0.4) is 0 Å². The number of rotatable bonds is 10. The summed E-state index contributed by atoms with van der Waals surface area (Å²) in [7, 11) is 2.15. The highest BCUT2D eigenvalue weighted by molar-refractivity contribution is 5.83. The van der Waals surface area contributed by atoms with Gasteiger partial charge in [-0.25, -0.2) is 0 Å². The second kappa shape index (κ2) is 12.8. The van der Waals surface area contributed by atoms with E-state index in [2.05, 4.69) is 86.3 Å². The third-order valence-electron chi connectivity index (χ3n) is 11.7. The van der Waals surface area contributed by atoms with E-state index in [4.69, 9.17) is 4.84 Å². The van der Waals surface area contributed by atoms with Gasteiger partial charge in [-0.1, -0.05) is 69.8 Å².